The van der Waals surface area contributed by atoms with Crippen LogP contribution in [0.1, 0.15) is 30.1 Å². The maximum absolute atomic E-state index is 12.2. The van der Waals surface area contributed by atoms with E-state index in [4.69, 9.17) is 27.3 Å². The summed E-state index contributed by atoms with van der Waals surface area (Å²) < 4.78 is 5.13. The fourth-order valence-electron chi connectivity index (χ4n) is 1.71. The molecule has 4 N–H and O–H groups in total. The lowest BCUT2D eigenvalue weighted by Crippen LogP contribution is -2.37. The average molecular weight is 300 g/mol. The topological polar surface area (TPSA) is 96.9 Å². The van der Waals surface area contributed by atoms with Crippen LogP contribution in [-0.2, 0) is 0 Å². The maximum atomic E-state index is 12.2. The second kappa shape index (κ2) is 7.59. The molecule has 110 valence electrons. The number of methoxy groups -OCH3 is 1. The molecule has 0 bridgehead atoms. The first-order chi connectivity index (χ1) is 9.51. The minimum absolute atomic E-state index is 0.0696. The molecule has 0 fully saturated rings. The second-order valence-electron chi connectivity index (χ2n) is 4.22. The van der Waals surface area contributed by atoms with Crippen molar-refractivity contribution in [2.45, 2.75) is 25.8 Å². The zero-order valence-electron chi connectivity index (χ0n) is 11.4. The van der Waals surface area contributed by atoms with Gasteiger partial charge < -0.3 is 21.0 Å². The minimum Gasteiger partial charge on any atom is -0.496 e. The van der Waals surface area contributed by atoms with Crippen LogP contribution in [-0.4, -0.2) is 30.1 Å². The van der Waals surface area contributed by atoms with Crippen LogP contribution in [0.5, 0.6) is 5.75 Å². The largest absolute Gasteiger partial charge is 0.496 e. The Bertz CT molecular complexity index is 506. The van der Waals surface area contributed by atoms with Gasteiger partial charge in [-0.05, 0) is 24.6 Å². The lowest BCUT2D eigenvalue weighted by molar-refractivity contribution is 0.0934. The highest BCUT2D eigenvalue weighted by Crippen LogP contribution is 2.23. The molecule has 1 rings (SSSR count). The van der Waals surface area contributed by atoms with Crippen molar-refractivity contribution in [3.05, 3.63) is 28.8 Å². The molecule has 1 unspecified atom stereocenters. The Kier molecular flexibility index (Phi) is 6.11. The predicted octanol–water partition coefficient (Wildman–Crippen LogP) is 1.99. The van der Waals surface area contributed by atoms with E-state index in [1.165, 1.54) is 7.11 Å². The van der Waals surface area contributed by atoms with Gasteiger partial charge in [0.25, 0.3) is 5.91 Å². The van der Waals surface area contributed by atoms with Crippen LogP contribution in [0.25, 0.3) is 0 Å². The summed E-state index contributed by atoms with van der Waals surface area (Å²) in [6.45, 7) is 1.90. The van der Waals surface area contributed by atoms with Crippen molar-refractivity contribution in [3.8, 4) is 5.75 Å². The number of ether oxygens (including phenoxy) is 1. The van der Waals surface area contributed by atoms with Gasteiger partial charge in [0.15, 0.2) is 0 Å². The summed E-state index contributed by atoms with van der Waals surface area (Å²) >= 11 is 5.85. The Labute approximate surface area is 122 Å². The van der Waals surface area contributed by atoms with Crippen molar-refractivity contribution in [2.24, 2.45) is 10.9 Å². The number of nitrogens with zero attached hydrogens (tertiary/aromatic N) is 1. The van der Waals surface area contributed by atoms with E-state index < -0.39 is 0 Å². The third-order valence-corrected chi connectivity index (χ3v) is 3.06. The zero-order valence-corrected chi connectivity index (χ0v) is 12.1. The molecule has 0 radical (unpaired) electrons. The molecule has 0 heterocycles. The predicted molar refractivity (Wildman–Crippen MR) is 77.6 cm³/mol. The highest BCUT2D eigenvalue weighted by atomic mass is 35.5. The van der Waals surface area contributed by atoms with Gasteiger partial charge in [0.1, 0.15) is 11.6 Å². The van der Waals surface area contributed by atoms with Gasteiger partial charge in [-0.15, -0.1) is 0 Å². The summed E-state index contributed by atoms with van der Waals surface area (Å²) in [5.74, 6) is 0.171. The summed E-state index contributed by atoms with van der Waals surface area (Å²) in [5.41, 5.74) is 5.83. The Morgan fingerprint density at radius 3 is 2.85 bits per heavy atom. The highest BCUT2D eigenvalue weighted by molar-refractivity contribution is 6.30. The average Bonchev–Trinajstić information content (AvgIpc) is 2.45. The van der Waals surface area contributed by atoms with E-state index >= 15 is 0 Å². The molecule has 1 atom stereocenters. The van der Waals surface area contributed by atoms with E-state index in [1.807, 2.05) is 6.92 Å². The molecule has 0 aliphatic carbocycles. The Morgan fingerprint density at radius 1 is 1.60 bits per heavy atom. The number of hydrogen-bond acceptors (Lipinski definition) is 4. The summed E-state index contributed by atoms with van der Waals surface area (Å²) in [6.07, 6.45) is 0.923. The molecular formula is C13H18ClN3O3. The van der Waals surface area contributed by atoms with Crippen molar-refractivity contribution >= 4 is 23.3 Å². The van der Waals surface area contributed by atoms with Crippen LogP contribution in [0.3, 0.4) is 0 Å². The van der Waals surface area contributed by atoms with Gasteiger partial charge in [-0.25, -0.2) is 0 Å². The maximum Gasteiger partial charge on any atom is 0.255 e. The first-order valence-corrected chi connectivity index (χ1v) is 6.50. The number of halogens is 1. The number of rotatable bonds is 6. The van der Waals surface area contributed by atoms with Gasteiger partial charge in [-0.3, -0.25) is 4.79 Å². The summed E-state index contributed by atoms with van der Waals surface area (Å²) in [6, 6.07) is 4.55. The van der Waals surface area contributed by atoms with E-state index in [-0.39, 0.29) is 24.2 Å². The molecule has 0 spiro atoms. The molecule has 7 heteroatoms. The number of carbonyl (C=O) groups is 1. The van der Waals surface area contributed by atoms with Gasteiger partial charge in [-0.1, -0.05) is 23.7 Å². The quantitative estimate of drug-likeness (QED) is 0.324. The monoisotopic (exact) mass is 299 g/mol. The van der Waals surface area contributed by atoms with Crippen molar-refractivity contribution in [1.29, 1.82) is 0 Å². The standard InChI is InChI=1S/C13H18ClN3O3/c1-3-9(7-12(15)17-19)16-13(18)10-5-4-8(14)6-11(10)20-2/h4-6,9,19H,3,7H2,1-2H3,(H2,15,17)(H,16,18). The smallest absolute Gasteiger partial charge is 0.255 e. The Balaban J connectivity index is 2.84. The molecule has 1 aromatic carbocycles. The molecule has 0 aliphatic rings. The highest BCUT2D eigenvalue weighted by Gasteiger charge is 2.17. The van der Waals surface area contributed by atoms with E-state index in [2.05, 4.69) is 10.5 Å². The number of amidine groups is 1. The fourth-order valence-corrected chi connectivity index (χ4v) is 1.87. The molecule has 1 aromatic rings. The van der Waals surface area contributed by atoms with Crippen molar-refractivity contribution < 1.29 is 14.7 Å². The first-order valence-electron chi connectivity index (χ1n) is 6.12. The van der Waals surface area contributed by atoms with Crippen LogP contribution < -0.4 is 15.8 Å². The normalized spacial score (nSPS) is 12.8. The fraction of sp³-hybridized carbons (Fsp3) is 0.385. The number of benzene rings is 1. The van der Waals surface area contributed by atoms with Crippen LogP contribution in [0.2, 0.25) is 5.02 Å². The summed E-state index contributed by atoms with van der Waals surface area (Å²) in [7, 11) is 1.47. The van der Waals surface area contributed by atoms with Gasteiger partial charge in [0, 0.05) is 17.5 Å². The van der Waals surface area contributed by atoms with Crippen LogP contribution >= 0.6 is 11.6 Å². The molecule has 0 aliphatic heterocycles. The molecule has 0 saturated carbocycles. The van der Waals surface area contributed by atoms with E-state index in [0.717, 1.165) is 0 Å². The summed E-state index contributed by atoms with van der Waals surface area (Å²) in [5, 5.41) is 14.8. The van der Waals surface area contributed by atoms with Gasteiger partial charge >= 0.3 is 0 Å². The van der Waals surface area contributed by atoms with Gasteiger partial charge in [-0.2, -0.15) is 0 Å². The lowest BCUT2D eigenvalue weighted by atomic mass is 10.1. The summed E-state index contributed by atoms with van der Waals surface area (Å²) in [4.78, 5) is 12.2. The van der Waals surface area contributed by atoms with E-state index in [0.29, 0.717) is 22.8 Å². The third kappa shape index (κ3) is 4.31. The van der Waals surface area contributed by atoms with E-state index in [1.54, 1.807) is 18.2 Å². The minimum atomic E-state index is -0.295. The van der Waals surface area contributed by atoms with Crippen molar-refractivity contribution in [1.82, 2.24) is 5.32 Å². The van der Waals surface area contributed by atoms with Crippen molar-refractivity contribution in [2.75, 3.05) is 7.11 Å². The number of oxime groups is 1. The Morgan fingerprint density at radius 2 is 2.30 bits per heavy atom. The SMILES string of the molecule is CCC(CC(N)=NO)NC(=O)c1ccc(Cl)cc1OC. The third-order valence-electron chi connectivity index (χ3n) is 2.82. The molecule has 20 heavy (non-hydrogen) atoms. The molecule has 1 amide bonds. The van der Waals surface area contributed by atoms with E-state index in [9.17, 15) is 4.79 Å². The Hall–Kier alpha value is -1.95. The first kappa shape index (κ1) is 16.1. The number of nitrogens with two attached hydrogens (primary N) is 1. The van der Waals surface area contributed by atoms with Gasteiger partial charge in [0.2, 0.25) is 0 Å². The van der Waals surface area contributed by atoms with Gasteiger partial charge in [0.05, 0.1) is 12.7 Å². The number of carbonyl (C=O) groups excluding carboxylic acids is 1. The molecular weight excluding hydrogens is 282 g/mol. The second-order valence-corrected chi connectivity index (χ2v) is 4.66. The lowest BCUT2D eigenvalue weighted by Gasteiger charge is -2.17. The molecule has 0 aromatic heterocycles. The van der Waals surface area contributed by atoms with Crippen LogP contribution in [0.4, 0.5) is 0 Å². The van der Waals surface area contributed by atoms with Crippen molar-refractivity contribution in [3.63, 3.8) is 0 Å². The molecule has 6 nitrogen and oxygen atoms in total. The zero-order chi connectivity index (χ0) is 15.1. The van der Waals surface area contributed by atoms with Crippen LogP contribution in [0, 0.1) is 0 Å². The number of amides is 1. The molecule has 0 saturated heterocycles. The number of nitrogens with one attached hydrogen (secondary N) is 1. The van der Waals surface area contributed by atoms with Crippen LogP contribution in [0.15, 0.2) is 23.4 Å². The number of hydrogen-bond donors (Lipinski definition) is 3.